The van der Waals surface area contributed by atoms with E-state index in [1.165, 1.54) is 10.4 Å². The second kappa shape index (κ2) is 10.3. The summed E-state index contributed by atoms with van der Waals surface area (Å²) in [6.45, 7) is 3.32. The van der Waals surface area contributed by atoms with Crippen molar-refractivity contribution in [2.45, 2.75) is 57.8 Å². The van der Waals surface area contributed by atoms with Gasteiger partial charge in [0.2, 0.25) is 5.91 Å². The van der Waals surface area contributed by atoms with E-state index in [4.69, 9.17) is 17.3 Å². The van der Waals surface area contributed by atoms with E-state index in [-0.39, 0.29) is 11.8 Å². The molecule has 1 amide bonds. The van der Waals surface area contributed by atoms with Crippen LogP contribution in [0.3, 0.4) is 0 Å². The Balaban J connectivity index is 1.26. The molecule has 3 heterocycles. The number of piperidine rings is 1. The van der Waals surface area contributed by atoms with E-state index in [0.717, 1.165) is 68.8 Å². The first kappa shape index (κ1) is 22.5. The van der Waals surface area contributed by atoms with E-state index in [0.29, 0.717) is 12.7 Å². The lowest BCUT2D eigenvalue weighted by atomic mass is 9.96. The van der Waals surface area contributed by atoms with Crippen LogP contribution < -0.4 is 5.32 Å². The number of aromatic nitrogens is 3. The first-order chi connectivity index (χ1) is 16.2. The largest absolute Gasteiger partial charge is 0.353 e. The summed E-state index contributed by atoms with van der Waals surface area (Å²) in [5.41, 5.74) is 1.31. The van der Waals surface area contributed by atoms with Gasteiger partial charge >= 0.3 is 0 Å². The van der Waals surface area contributed by atoms with Crippen LogP contribution in [0.1, 0.15) is 41.9 Å². The van der Waals surface area contributed by atoms with Crippen molar-refractivity contribution < 1.29 is 4.79 Å². The van der Waals surface area contributed by atoms with Gasteiger partial charge in [-0.1, -0.05) is 36.4 Å². The third-order valence-electron chi connectivity index (χ3n) is 6.59. The maximum Gasteiger partial charge on any atom is 0.223 e. The van der Waals surface area contributed by atoms with Crippen LogP contribution in [0.2, 0.25) is 0 Å². The Bertz CT molecular complexity index is 1110. The molecular weight excluding hydrogens is 450 g/mol. The molecule has 2 aromatic heterocycles. The zero-order valence-electron chi connectivity index (χ0n) is 18.9. The van der Waals surface area contributed by atoms with Crippen LogP contribution >= 0.6 is 23.6 Å². The lowest BCUT2D eigenvalue weighted by Gasteiger charge is -2.30. The molecular formula is C25H31N5OS2. The highest BCUT2D eigenvalue weighted by Gasteiger charge is 2.30. The Hall–Kier alpha value is -2.29. The minimum absolute atomic E-state index is 0.146. The van der Waals surface area contributed by atoms with Gasteiger partial charge in [0.05, 0.1) is 6.67 Å². The third kappa shape index (κ3) is 5.80. The SMILES string of the molecule is O=C(NC1CC1)C1CCN(Cn2nc(Cc3cccs3)n(CCc3ccccc3)c2=S)CC1. The molecule has 3 aromatic rings. The fourth-order valence-electron chi connectivity index (χ4n) is 4.46. The molecule has 0 bridgehead atoms. The van der Waals surface area contributed by atoms with Gasteiger partial charge < -0.3 is 9.88 Å². The molecule has 0 spiro atoms. The number of rotatable bonds is 9. The van der Waals surface area contributed by atoms with E-state index in [1.807, 2.05) is 10.7 Å². The number of hydrogen-bond acceptors (Lipinski definition) is 5. The van der Waals surface area contributed by atoms with Crippen molar-refractivity contribution in [1.82, 2.24) is 24.6 Å². The fraction of sp³-hybridized carbons (Fsp3) is 0.480. The number of thiophene rings is 1. The smallest absolute Gasteiger partial charge is 0.223 e. The molecule has 1 aliphatic heterocycles. The molecule has 174 valence electrons. The molecule has 0 atom stereocenters. The van der Waals surface area contributed by atoms with Gasteiger partial charge in [0.1, 0.15) is 5.82 Å². The van der Waals surface area contributed by atoms with E-state index < -0.39 is 0 Å². The molecule has 1 N–H and O–H groups in total. The molecule has 8 heteroatoms. The summed E-state index contributed by atoms with van der Waals surface area (Å²) >= 11 is 7.65. The predicted octanol–water partition coefficient (Wildman–Crippen LogP) is 4.26. The number of benzene rings is 1. The Morgan fingerprint density at radius 3 is 2.58 bits per heavy atom. The van der Waals surface area contributed by atoms with Crippen LogP contribution in [0.5, 0.6) is 0 Å². The van der Waals surface area contributed by atoms with Crippen LogP contribution in [0, 0.1) is 10.7 Å². The van der Waals surface area contributed by atoms with E-state index in [9.17, 15) is 4.79 Å². The van der Waals surface area contributed by atoms with E-state index in [2.05, 4.69) is 56.6 Å². The van der Waals surface area contributed by atoms with Gasteiger partial charge in [-0.15, -0.1) is 11.3 Å². The fourth-order valence-corrected chi connectivity index (χ4v) is 5.46. The van der Waals surface area contributed by atoms with Crippen LogP contribution in [0.25, 0.3) is 0 Å². The Morgan fingerprint density at radius 2 is 1.88 bits per heavy atom. The maximum atomic E-state index is 12.4. The molecule has 2 aliphatic rings. The minimum atomic E-state index is 0.146. The number of carbonyl (C=O) groups excluding carboxylic acids is 1. The molecule has 1 saturated heterocycles. The lowest BCUT2D eigenvalue weighted by molar-refractivity contribution is -0.126. The summed E-state index contributed by atoms with van der Waals surface area (Å²) in [5, 5.41) is 10.2. The molecule has 1 saturated carbocycles. The van der Waals surface area contributed by atoms with Crippen molar-refractivity contribution in [3.05, 3.63) is 68.9 Å². The van der Waals surface area contributed by atoms with Crippen LogP contribution in [-0.2, 0) is 30.8 Å². The second-order valence-corrected chi connectivity index (χ2v) is 10.6. The standard InChI is InChI=1S/C25H31N5OS2/c31-24(26-21-8-9-21)20-11-13-28(14-12-20)18-30-25(32)29(15-10-19-5-2-1-3-6-19)23(27-30)17-22-7-4-16-33-22/h1-7,16,20-21H,8-15,17-18H2,(H,26,31). The molecule has 0 unspecified atom stereocenters. The number of amides is 1. The van der Waals surface area contributed by atoms with Crippen LogP contribution in [0.15, 0.2) is 47.8 Å². The number of likely N-dealkylation sites (tertiary alicyclic amines) is 1. The molecule has 1 aliphatic carbocycles. The lowest BCUT2D eigenvalue weighted by Crippen LogP contribution is -2.41. The Labute approximate surface area is 204 Å². The van der Waals surface area contributed by atoms with Crippen molar-refractivity contribution in [3.8, 4) is 0 Å². The number of aryl methyl sites for hydroxylation is 1. The van der Waals surface area contributed by atoms with Crippen molar-refractivity contribution >= 4 is 29.5 Å². The van der Waals surface area contributed by atoms with Crippen molar-refractivity contribution in [3.63, 3.8) is 0 Å². The number of nitrogens with zero attached hydrogens (tertiary/aromatic N) is 4. The van der Waals surface area contributed by atoms with Gasteiger partial charge in [-0.05, 0) is 61.3 Å². The van der Waals surface area contributed by atoms with Gasteiger partial charge in [-0.3, -0.25) is 9.69 Å². The van der Waals surface area contributed by atoms with Gasteiger partial charge in [-0.2, -0.15) is 5.10 Å². The van der Waals surface area contributed by atoms with E-state index in [1.54, 1.807) is 11.3 Å². The monoisotopic (exact) mass is 481 g/mol. The van der Waals surface area contributed by atoms with Crippen molar-refractivity contribution in [2.24, 2.45) is 5.92 Å². The first-order valence-corrected chi connectivity index (χ1v) is 13.2. The Kier molecular flexibility index (Phi) is 7.04. The summed E-state index contributed by atoms with van der Waals surface area (Å²) in [5.74, 6) is 1.42. The van der Waals surface area contributed by atoms with E-state index >= 15 is 0 Å². The minimum Gasteiger partial charge on any atom is -0.353 e. The number of nitrogens with one attached hydrogen (secondary N) is 1. The molecule has 0 radical (unpaired) electrons. The summed E-state index contributed by atoms with van der Waals surface area (Å²) in [6, 6.07) is 15.2. The molecule has 2 fully saturated rings. The highest BCUT2D eigenvalue weighted by Crippen LogP contribution is 2.23. The zero-order valence-corrected chi connectivity index (χ0v) is 20.5. The summed E-state index contributed by atoms with van der Waals surface area (Å²) in [4.78, 5) is 16.1. The molecule has 33 heavy (non-hydrogen) atoms. The van der Waals surface area contributed by atoms with Gasteiger partial charge in [0.15, 0.2) is 4.77 Å². The second-order valence-electron chi connectivity index (χ2n) is 9.16. The Morgan fingerprint density at radius 1 is 1.09 bits per heavy atom. The predicted molar refractivity (Wildman–Crippen MR) is 134 cm³/mol. The third-order valence-corrected chi connectivity index (χ3v) is 7.90. The van der Waals surface area contributed by atoms with Gasteiger partial charge in [0, 0.05) is 42.9 Å². The topological polar surface area (TPSA) is 55.1 Å². The summed E-state index contributed by atoms with van der Waals surface area (Å²) < 4.78 is 4.97. The highest BCUT2D eigenvalue weighted by atomic mass is 32.1. The summed E-state index contributed by atoms with van der Waals surface area (Å²) in [7, 11) is 0. The summed E-state index contributed by atoms with van der Waals surface area (Å²) in [6.07, 6.45) is 5.82. The zero-order chi connectivity index (χ0) is 22.6. The van der Waals surface area contributed by atoms with Gasteiger partial charge in [0.25, 0.3) is 0 Å². The quantitative estimate of drug-likeness (QED) is 0.464. The average molecular weight is 482 g/mol. The highest BCUT2D eigenvalue weighted by molar-refractivity contribution is 7.71. The molecule has 5 rings (SSSR count). The maximum absolute atomic E-state index is 12.4. The number of hydrogen-bond donors (Lipinski definition) is 1. The van der Waals surface area contributed by atoms with Crippen molar-refractivity contribution in [1.29, 1.82) is 0 Å². The van der Waals surface area contributed by atoms with Crippen molar-refractivity contribution in [2.75, 3.05) is 13.1 Å². The molecule has 6 nitrogen and oxygen atoms in total. The van der Waals surface area contributed by atoms with Crippen LogP contribution in [0.4, 0.5) is 0 Å². The normalized spacial score (nSPS) is 17.3. The number of carbonyl (C=O) groups is 1. The first-order valence-electron chi connectivity index (χ1n) is 11.9. The molecule has 1 aromatic carbocycles. The van der Waals surface area contributed by atoms with Crippen LogP contribution in [-0.4, -0.2) is 44.3 Å². The van der Waals surface area contributed by atoms with Gasteiger partial charge in [-0.25, -0.2) is 4.68 Å². The average Bonchev–Trinajstić information content (AvgIpc) is 3.41.